The number of hydrogen-bond acceptors (Lipinski definition) is 9. The van der Waals surface area contributed by atoms with E-state index in [0.29, 0.717) is 28.7 Å². The molecule has 1 fully saturated rings. The highest BCUT2D eigenvalue weighted by atomic mass is 32.2. The first-order valence-electron chi connectivity index (χ1n) is 12.3. The van der Waals surface area contributed by atoms with Gasteiger partial charge < -0.3 is 14.2 Å². The first kappa shape index (κ1) is 27.3. The van der Waals surface area contributed by atoms with Crippen molar-refractivity contribution in [3.05, 3.63) is 42.5 Å². The van der Waals surface area contributed by atoms with Gasteiger partial charge in [-0.25, -0.2) is 13.4 Å². The summed E-state index contributed by atoms with van der Waals surface area (Å²) in [5, 5.41) is 0.552. The van der Waals surface area contributed by atoms with E-state index in [-0.39, 0.29) is 29.4 Å². The molecule has 3 aromatic rings. The van der Waals surface area contributed by atoms with Gasteiger partial charge >= 0.3 is 0 Å². The van der Waals surface area contributed by atoms with Crippen LogP contribution in [0.1, 0.15) is 19.3 Å². The molecule has 0 atom stereocenters. The minimum absolute atomic E-state index is 0.0914. The molecule has 1 aliphatic rings. The molecule has 0 unspecified atom stereocenters. The molecule has 0 saturated carbocycles. The molecule has 1 saturated heterocycles. The zero-order valence-electron chi connectivity index (χ0n) is 21.2. The lowest BCUT2D eigenvalue weighted by Crippen LogP contribution is -2.39. The van der Waals surface area contributed by atoms with Crippen molar-refractivity contribution >= 4 is 42.4 Å². The molecule has 0 radical (unpaired) electrons. The molecule has 2 aromatic carbocycles. The van der Waals surface area contributed by atoms with Gasteiger partial charge in [0.25, 0.3) is 0 Å². The van der Waals surface area contributed by atoms with Gasteiger partial charge in [0.15, 0.2) is 15.0 Å². The minimum Gasteiger partial charge on any atom is -0.495 e. The number of sulfone groups is 1. The van der Waals surface area contributed by atoms with E-state index in [0.717, 1.165) is 44.0 Å². The van der Waals surface area contributed by atoms with E-state index >= 15 is 0 Å². The Labute approximate surface area is 221 Å². The van der Waals surface area contributed by atoms with Crippen molar-refractivity contribution in [2.75, 3.05) is 64.3 Å². The summed E-state index contributed by atoms with van der Waals surface area (Å²) in [6, 6.07) is 12.0. The van der Waals surface area contributed by atoms with Crippen LogP contribution in [0.5, 0.6) is 11.5 Å². The van der Waals surface area contributed by atoms with E-state index in [1.165, 1.54) is 11.3 Å². The number of rotatable bonds is 12. The predicted octanol–water partition coefficient (Wildman–Crippen LogP) is 3.62. The lowest BCUT2D eigenvalue weighted by molar-refractivity contribution is -0.118. The standard InChI is InChI=1S/C26H33N3O6S2/c1-33-21-11-12-22(34-2)25-24(21)27-26(36-25)29(14-7-13-28-15-17-35-18-16-28)23(30)10-6-19-37(31,32)20-8-4-3-5-9-20/h3-5,8-9,11-12H,6-7,10,13-19H2,1-2H3. The summed E-state index contributed by atoms with van der Waals surface area (Å²) in [6.45, 7) is 4.51. The van der Waals surface area contributed by atoms with Crippen LogP contribution in [-0.4, -0.2) is 83.6 Å². The third-order valence-electron chi connectivity index (χ3n) is 6.30. The van der Waals surface area contributed by atoms with Crippen LogP contribution in [0.2, 0.25) is 0 Å². The highest BCUT2D eigenvalue weighted by Crippen LogP contribution is 2.40. The highest BCUT2D eigenvalue weighted by molar-refractivity contribution is 7.91. The smallest absolute Gasteiger partial charge is 0.228 e. The Bertz CT molecular complexity index is 1250. The number of nitrogens with zero attached hydrogens (tertiary/aromatic N) is 3. The number of morpholine rings is 1. The number of carbonyl (C=O) groups excluding carboxylic acids is 1. The van der Waals surface area contributed by atoms with E-state index in [4.69, 9.17) is 19.2 Å². The van der Waals surface area contributed by atoms with E-state index in [2.05, 4.69) is 4.90 Å². The third kappa shape index (κ3) is 6.78. The molecule has 9 nitrogen and oxygen atoms in total. The van der Waals surface area contributed by atoms with Crippen LogP contribution < -0.4 is 14.4 Å². The molecule has 0 spiro atoms. The summed E-state index contributed by atoms with van der Waals surface area (Å²) < 4.78 is 42.6. The van der Waals surface area contributed by atoms with Gasteiger partial charge in [0.2, 0.25) is 5.91 Å². The average Bonchev–Trinajstić information content (AvgIpc) is 3.36. The molecule has 37 heavy (non-hydrogen) atoms. The molecule has 1 aromatic heterocycles. The van der Waals surface area contributed by atoms with Gasteiger partial charge in [0.1, 0.15) is 21.7 Å². The van der Waals surface area contributed by atoms with Crippen molar-refractivity contribution in [1.82, 2.24) is 9.88 Å². The van der Waals surface area contributed by atoms with Crippen LogP contribution in [0, 0.1) is 0 Å². The Morgan fingerprint density at radius 1 is 1.05 bits per heavy atom. The van der Waals surface area contributed by atoms with E-state index < -0.39 is 9.84 Å². The normalized spacial score (nSPS) is 14.5. The highest BCUT2D eigenvalue weighted by Gasteiger charge is 2.24. The van der Waals surface area contributed by atoms with E-state index in [9.17, 15) is 13.2 Å². The molecule has 0 N–H and O–H groups in total. The lowest BCUT2D eigenvalue weighted by Gasteiger charge is -2.27. The Morgan fingerprint density at radius 3 is 2.46 bits per heavy atom. The summed E-state index contributed by atoms with van der Waals surface area (Å²) in [4.78, 5) is 22.5. The van der Waals surface area contributed by atoms with Gasteiger partial charge in [0, 0.05) is 32.6 Å². The molecule has 1 aliphatic heterocycles. The maximum absolute atomic E-state index is 13.4. The monoisotopic (exact) mass is 547 g/mol. The van der Waals surface area contributed by atoms with Gasteiger partial charge in [-0.15, -0.1) is 0 Å². The van der Waals surface area contributed by atoms with Crippen molar-refractivity contribution in [1.29, 1.82) is 0 Å². The summed E-state index contributed by atoms with van der Waals surface area (Å²) in [5.74, 6) is 1.02. The second-order valence-corrected chi connectivity index (χ2v) is 11.8. The maximum atomic E-state index is 13.4. The first-order valence-corrected chi connectivity index (χ1v) is 14.8. The van der Waals surface area contributed by atoms with Gasteiger partial charge in [0.05, 0.1) is 38.1 Å². The Hall–Kier alpha value is -2.73. The Morgan fingerprint density at radius 2 is 1.76 bits per heavy atom. The average molecular weight is 548 g/mol. The predicted molar refractivity (Wildman–Crippen MR) is 145 cm³/mol. The van der Waals surface area contributed by atoms with Crippen LogP contribution >= 0.6 is 11.3 Å². The second kappa shape index (κ2) is 12.7. The molecule has 11 heteroatoms. The van der Waals surface area contributed by atoms with Gasteiger partial charge in [-0.1, -0.05) is 29.5 Å². The summed E-state index contributed by atoms with van der Waals surface area (Å²) in [6.07, 6.45) is 1.10. The topological polar surface area (TPSA) is 98.3 Å². The summed E-state index contributed by atoms with van der Waals surface area (Å²) in [7, 11) is -0.273. The first-order chi connectivity index (χ1) is 17.9. The number of hydrogen-bond donors (Lipinski definition) is 0. The zero-order valence-corrected chi connectivity index (χ0v) is 22.9. The Kier molecular flexibility index (Phi) is 9.36. The van der Waals surface area contributed by atoms with Crippen LogP contribution in [0.15, 0.2) is 47.4 Å². The molecule has 200 valence electrons. The molecule has 1 amide bonds. The third-order valence-corrected chi connectivity index (χ3v) is 9.21. The van der Waals surface area contributed by atoms with Crippen LogP contribution in [0.4, 0.5) is 5.13 Å². The van der Waals surface area contributed by atoms with Gasteiger partial charge in [-0.3, -0.25) is 14.6 Å². The zero-order chi connectivity index (χ0) is 26.3. The fourth-order valence-electron chi connectivity index (χ4n) is 4.29. The largest absolute Gasteiger partial charge is 0.495 e. The number of aromatic nitrogens is 1. The Balaban J connectivity index is 1.51. The lowest BCUT2D eigenvalue weighted by atomic mass is 10.2. The molecule has 4 rings (SSSR count). The number of amides is 1. The number of anilines is 1. The molecule has 0 aliphatic carbocycles. The number of thiazole rings is 1. The van der Waals surface area contributed by atoms with Crippen LogP contribution in [-0.2, 0) is 19.4 Å². The number of fused-ring (bicyclic) bond motifs is 1. The van der Waals surface area contributed by atoms with Crippen LogP contribution in [0.3, 0.4) is 0 Å². The molecule has 2 heterocycles. The van der Waals surface area contributed by atoms with Gasteiger partial charge in [-0.2, -0.15) is 0 Å². The molecule has 0 bridgehead atoms. The van der Waals surface area contributed by atoms with Crippen LogP contribution in [0.25, 0.3) is 10.2 Å². The minimum atomic E-state index is -3.45. The summed E-state index contributed by atoms with van der Waals surface area (Å²) >= 11 is 1.37. The fraction of sp³-hybridized carbons (Fsp3) is 0.462. The second-order valence-electron chi connectivity index (χ2n) is 8.73. The van der Waals surface area contributed by atoms with Crippen molar-refractivity contribution in [2.45, 2.75) is 24.2 Å². The number of benzene rings is 2. The summed E-state index contributed by atoms with van der Waals surface area (Å²) in [5.41, 5.74) is 0.638. The number of methoxy groups -OCH3 is 2. The van der Waals surface area contributed by atoms with E-state index in [1.807, 2.05) is 6.07 Å². The van der Waals surface area contributed by atoms with Crippen molar-refractivity contribution in [2.24, 2.45) is 0 Å². The molecular formula is C26H33N3O6S2. The maximum Gasteiger partial charge on any atom is 0.228 e. The SMILES string of the molecule is COc1ccc(OC)c2sc(N(CCCN3CCOCC3)C(=O)CCCS(=O)(=O)c3ccccc3)nc12. The molecular weight excluding hydrogens is 514 g/mol. The quantitative estimate of drug-likeness (QED) is 0.339. The number of carbonyl (C=O) groups is 1. The van der Waals surface area contributed by atoms with Gasteiger partial charge in [-0.05, 0) is 37.1 Å². The van der Waals surface area contributed by atoms with Crippen molar-refractivity contribution < 1.29 is 27.4 Å². The fourth-order valence-corrected chi connectivity index (χ4v) is 6.74. The van der Waals surface area contributed by atoms with Crippen molar-refractivity contribution in [3.8, 4) is 11.5 Å². The van der Waals surface area contributed by atoms with Crippen molar-refractivity contribution in [3.63, 3.8) is 0 Å². The van der Waals surface area contributed by atoms with E-state index in [1.54, 1.807) is 55.5 Å². The number of ether oxygens (including phenoxy) is 3.